The van der Waals surface area contributed by atoms with Crippen molar-refractivity contribution in [1.29, 1.82) is 0 Å². The summed E-state index contributed by atoms with van der Waals surface area (Å²) in [6.45, 7) is 3.10. The molecule has 1 saturated carbocycles. The molecule has 21 heavy (non-hydrogen) atoms. The first-order chi connectivity index (χ1) is 10.2. The molecule has 0 atom stereocenters. The Morgan fingerprint density at radius 2 is 1.86 bits per heavy atom. The van der Waals surface area contributed by atoms with Crippen molar-refractivity contribution in [3.05, 3.63) is 12.1 Å². The Bertz CT molecular complexity index is 487. The number of nitrogens with two attached hydrogens (primary N) is 1. The molecule has 5 heteroatoms. The molecule has 0 radical (unpaired) electrons. The van der Waals surface area contributed by atoms with E-state index in [1.54, 1.807) is 0 Å². The van der Waals surface area contributed by atoms with Crippen molar-refractivity contribution >= 4 is 11.4 Å². The lowest BCUT2D eigenvalue weighted by atomic mass is 10.2. The molecule has 0 bridgehead atoms. The average Bonchev–Trinajstić information content (AvgIpc) is 3.02. The zero-order chi connectivity index (χ0) is 14.7. The molecule has 1 fully saturated rings. The van der Waals surface area contributed by atoms with E-state index in [-0.39, 0.29) is 0 Å². The number of hydrogen-bond donors (Lipinski definition) is 2. The summed E-state index contributed by atoms with van der Waals surface area (Å²) in [4.78, 5) is 2.45. The lowest BCUT2D eigenvalue weighted by Gasteiger charge is -2.25. The van der Waals surface area contributed by atoms with Crippen LogP contribution in [-0.4, -0.2) is 44.3 Å². The number of anilines is 2. The lowest BCUT2D eigenvalue weighted by Crippen LogP contribution is -2.33. The zero-order valence-electron chi connectivity index (χ0n) is 12.7. The quantitative estimate of drug-likeness (QED) is 0.815. The van der Waals surface area contributed by atoms with Crippen molar-refractivity contribution in [3.63, 3.8) is 0 Å². The second kappa shape index (κ2) is 6.43. The van der Waals surface area contributed by atoms with E-state index in [9.17, 15) is 0 Å². The van der Waals surface area contributed by atoms with Crippen LogP contribution >= 0.6 is 0 Å². The Labute approximate surface area is 126 Å². The normalized spacial score (nSPS) is 18.2. The number of nitrogen functional groups attached to an aromatic ring is 1. The number of likely N-dealkylation sites (N-methyl/N-ethyl adjacent to an activating group) is 1. The van der Waals surface area contributed by atoms with Gasteiger partial charge in [0.2, 0.25) is 0 Å². The number of ether oxygens (including phenoxy) is 2. The van der Waals surface area contributed by atoms with E-state index >= 15 is 0 Å². The molecule has 3 rings (SSSR count). The minimum atomic E-state index is 0.589. The van der Waals surface area contributed by atoms with E-state index in [4.69, 9.17) is 15.2 Å². The van der Waals surface area contributed by atoms with Crippen LogP contribution in [0, 0.1) is 0 Å². The van der Waals surface area contributed by atoms with Crippen molar-refractivity contribution in [1.82, 2.24) is 4.90 Å². The fourth-order valence-electron chi connectivity index (χ4n) is 3.15. The van der Waals surface area contributed by atoms with Gasteiger partial charge in [-0.05, 0) is 19.9 Å². The van der Waals surface area contributed by atoms with Crippen LogP contribution in [0.15, 0.2) is 12.1 Å². The van der Waals surface area contributed by atoms with E-state index in [2.05, 4.69) is 17.3 Å². The highest BCUT2D eigenvalue weighted by molar-refractivity contribution is 5.72. The number of fused-ring (bicyclic) bond motifs is 1. The molecule has 0 amide bonds. The molecule has 1 aromatic carbocycles. The van der Waals surface area contributed by atoms with Gasteiger partial charge in [0.25, 0.3) is 0 Å². The van der Waals surface area contributed by atoms with Crippen molar-refractivity contribution < 1.29 is 9.47 Å². The summed E-state index contributed by atoms with van der Waals surface area (Å²) in [7, 11) is 2.21. The van der Waals surface area contributed by atoms with E-state index in [0.29, 0.717) is 18.9 Å². The molecule has 0 unspecified atom stereocenters. The number of nitrogens with zero attached hydrogens (tertiary/aromatic N) is 1. The summed E-state index contributed by atoms with van der Waals surface area (Å²) in [5, 5.41) is 3.42. The molecule has 2 aliphatic rings. The average molecular weight is 291 g/mol. The van der Waals surface area contributed by atoms with Gasteiger partial charge in [-0.1, -0.05) is 12.8 Å². The molecule has 116 valence electrons. The monoisotopic (exact) mass is 291 g/mol. The zero-order valence-corrected chi connectivity index (χ0v) is 12.7. The molecular formula is C16H25N3O2. The Balaban J connectivity index is 1.55. The fraction of sp³-hybridized carbons (Fsp3) is 0.625. The maximum absolute atomic E-state index is 6.07. The fourth-order valence-corrected chi connectivity index (χ4v) is 3.15. The molecule has 1 aliphatic carbocycles. The topological polar surface area (TPSA) is 59.8 Å². The van der Waals surface area contributed by atoms with Crippen LogP contribution in [0.5, 0.6) is 11.5 Å². The summed E-state index contributed by atoms with van der Waals surface area (Å²) in [6.07, 6.45) is 5.42. The molecule has 1 aliphatic heterocycles. The molecule has 1 heterocycles. The van der Waals surface area contributed by atoms with Crippen LogP contribution in [0.2, 0.25) is 0 Å². The Kier molecular flexibility index (Phi) is 4.39. The van der Waals surface area contributed by atoms with Gasteiger partial charge in [-0.3, -0.25) is 0 Å². The third kappa shape index (κ3) is 3.35. The van der Waals surface area contributed by atoms with Gasteiger partial charge >= 0.3 is 0 Å². The van der Waals surface area contributed by atoms with Gasteiger partial charge in [0, 0.05) is 31.3 Å². The molecule has 0 aromatic heterocycles. The van der Waals surface area contributed by atoms with Gasteiger partial charge < -0.3 is 25.4 Å². The molecule has 0 saturated heterocycles. The van der Waals surface area contributed by atoms with E-state index in [1.807, 2.05) is 12.1 Å². The third-order valence-corrected chi connectivity index (χ3v) is 4.44. The standard InChI is InChI=1S/C16H25N3O2/c1-19(12-4-2-3-5-12)7-6-18-14-11-16-15(10-13(14)17)20-8-9-21-16/h10-12,18H,2-9,17H2,1H3. The van der Waals surface area contributed by atoms with Crippen LogP contribution in [0.3, 0.4) is 0 Å². The smallest absolute Gasteiger partial charge is 0.163 e. The molecule has 3 N–H and O–H groups in total. The van der Waals surface area contributed by atoms with Gasteiger partial charge in [-0.2, -0.15) is 0 Å². The maximum Gasteiger partial charge on any atom is 0.163 e. The lowest BCUT2D eigenvalue weighted by molar-refractivity contribution is 0.172. The highest BCUT2D eigenvalue weighted by atomic mass is 16.6. The molecule has 1 aromatic rings. The van der Waals surface area contributed by atoms with E-state index in [1.165, 1.54) is 25.7 Å². The first kappa shape index (κ1) is 14.3. The van der Waals surface area contributed by atoms with Crippen molar-refractivity contribution in [2.75, 3.05) is 44.4 Å². The SMILES string of the molecule is CN(CCNc1cc2c(cc1N)OCCO2)C1CCCC1. The minimum absolute atomic E-state index is 0.589. The largest absolute Gasteiger partial charge is 0.486 e. The Morgan fingerprint density at radius 3 is 2.57 bits per heavy atom. The summed E-state index contributed by atoms with van der Waals surface area (Å²) >= 11 is 0. The number of hydrogen-bond acceptors (Lipinski definition) is 5. The third-order valence-electron chi connectivity index (χ3n) is 4.44. The Hall–Kier alpha value is -1.62. The van der Waals surface area contributed by atoms with Gasteiger partial charge in [-0.25, -0.2) is 0 Å². The van der Waals surface area contributed by atoms with Crippen molar-refractivity contribution in [2.45, 2.75) is 31.7 Å². The molecular weight excluding hydrogens is 266 g/mol. The summed E-state index contributed by atoms with van der Waals surface area (Å²) in [6, 6.07) is 4.54. The Morgan fingerprint density at radius 1 is 1.19 bits per heavy atom. The maximum atomic E-state index is 6.07. The van der Waals surface area contributed by atoms with Crippen LogP contribution in [0.4, 0.5) is 11.4 Å². The van der Waals surface area contributed by atoms with Crippen LogP contribution in [-0.2, 0) is 0 Å². The predicted octanol–water partition coefficient (Wildman–Crippen LogP) is 2.33. The van der Waals surface area contributed by atoms with Crippen LogP contribution in [0.25, 0.3) is 0 Å². The van der Waals surface area contributed by atoms with Gasteiger partial charge in [0.05, 0.1) is 11.4 Å². The second-order valence-corrected chi connectivity index (χ2v) is 5.93. The van der Waals surface area contributed by atoms with E-state index in [0.717, 1.165) is 36.3 Å². The van der Waals surface area contributed by atoms with Crippen molar-refractivity contribution in [3.8, 4) is 11.5 Å². The van der Waals surface area contributed by atoms with Gasteiger partial charge in [-0.15, -0.1) is 0 Å². The van der Waals surface area contributed by atoms with Gasteiger partial charge in [0.1, 0.15) is 13.2 Å². The molecule has 5 nitrogen and oxygen atoms in total. The second-order valence-electron chi connectivity index (χ2n) is 5.93. The highest BCUT2D eigenvalue weighted by Crippen LogP contribution is 2.36. The van der Waals surface area contributed by atoms with Crippen LogP contribution < -0.4 is 20.5 Å². The van der Waals surface area contributed by atoms with Crippen molar-refractivity contribution in [2.24, 2.45) is 0 Å². The molecule has 0 spiro atoms. The predicted molar refractivity (Wildman–Crippen MR) is 85.2 cm³/mol. The minimum Gasteiger partial charge on any atom is -0.486 e. The highest BCUT2D eigenvalue weighted by Gasteiger charge is 2.19. The van der Waals surface area contributed by atoms with E-state index < -0.39 is 0 Å². The number of nitrogens with one attached hydrogen (secondary N) is 1. The summed E-state index contributed by atoms with van der Waals surface area (Å²) in [5.74, 6) is 1.52. The van der Waals surface area contributed by atoms with Crippen LogP contribution in [0.1, 0.15) is 25.7 Å². The number of rotatable bonds is 5. The van der Waals surface area contributed by atoms with Gasteiger partial charge in [0.15, 0.2) is 11.5 Å². The first-order valence-electron chi connectivity index (χ1n) is 7.87. The number of benzene rings is 1. The summed E-state index contributed by atoms with van der Waals surface area (Å²) in [5.41, 5.74) is 7.71. The summed E-state index contributed by atoms with van der Waals surface area (Å²) < 4.78 is 11.1. The first-order valence-corrected chi connectivity index (χ1v) is 7.87.